The Balaban J connectivity index is 2.03. The number of hydrogen-bond donors (Lipinski definition) is 1. The molecule has 1 N–H and O–H groups in total. The van der Waals surface area contributed by atoms with Crippen molar-refractivity contribution in [1.29, 1.82) is 0 Å². The number of aromatic nitrogens is 2. The molecule has 1 aromatic heterocycles. The minimum absolute atomic E-state index is 0.308. The van der Waals surface area contributed by atoms with E-state index in [0.717, 1.165) is 24.9 Å². The summed E-state index contributed by atoms with van der Waals surface area (Å²) in [6.45, 7) is 5.14. The first-order valence-electron chi connectivity index (χ1n) is 6.61. The summed E-state index contributed by atoms with van der Waals surface area (Å²) < 4.78 is 18.8. The fraction of sp³-hybridized carbons (Fsp3) is 0.429. The first kappa shape index (κ1) is 15.1. The largest absolute Gasteiger partial charge is 0.339 e. The van der Waals surface area contributed by atoms with Crippen molar-refractivity contribution in [3.8, 4) is 11.4 Å². The van der Waals surface area contributed by atoms with Crippen molar-refractivity contribution in [3.63, 3.8) is 0 Å². The lowest BCUT2D eigenvalue weighted by atomic mass is 10.2. The van der Waals surface area contributed by atoms with Crippen molar-refractivity contribution in [2.45, 2.75) is 32.7 Å². The summed E-state index contributed by atoms with van der Waals surface area (Å²) in [6.07, 6.45) is 1.66. The first-order valence-corrected chi connectivity index (χ1v) is 7.41. The third-order valence-corrected chi connectivity index (χ3v) is 3.60. The van der Waals surface area contributed by atoms with Gasteiger partial charge in [0.25, 0.3) is 0 Å². The van der Waals surface area contributed by atoms with Gasteiger partial charge in [-0.1, -0.05) is 12.1 Å². The maximum absolute atomic E-state index is 13.2. The van der Waals surface area contributed by atoms with Crippen LogP contribution in [0.15, 0.2) is 27.2 Å². The monoisotopic (exact) mass is 341 g/mol. The van der Waals surface area contributed by atoms with Crippen LogP contribution >= 0.6 is 15.9 Å². The first-order chi connectivity index (χ1) is 9.60. The number of aryl methyl sites for hydroxylation is 1. The molecule has 4 nitrogen and oxygen atoms in total. The van der Waals surface area contributed by atoms with Gasteiger partial charge in [0.05, 0.1) is 4.47 Å². The highest BCUT2D eigenvalue weighted by atomic mass is 79.9. The maximum atomic E-state index is 13.2. The van der Waals surface area contributed by atoms with Crippen LogP contribution in [0.25, 0.3) is 11.4 Å². The SMILES string of the molecule is CCNC(C)CCc1nc(-c2ccc(F)c(Br)c2)no1. The number of rotatable bonds is 6. The quantitative estimate of drug-likeness (QED) is 0.872. The molecule has 0 aliphatic heterocycles. The van der Waals surface area contributed by atoms with Gasteiger partial charge >= 0.3 is 0 Å². The van der Waals surface area contributed by atoms with Gasteiger partial charge in [-0.2, -0.15) is 4.98 Å². The molecule has 2 aromatic rings. The Hall–Kier alpha value is -1.27. The summed E-state index contributed by atoms with van der Waals surface area (Å²) >= 11 is 3.15. The summed E-state index contributed by atoms with van der Waals surface area (Å²) in [5.41, 5.74) is 0.730. The lowest BCUT2D eigenvalue weighted by molar-refractivity contribution is 0.368. The molecule has 6 heteroatoms. The molecule has 0 saturated heterocycles. The fourth-order valence-electron chi connectivity index (χ4n) is 1.90. The van der Waals surface area contributed by atoms with Crippen LogP contribution < -0.4 is 5.32 Å². The standard InChI is InChI=1S/C14H17BrFN3O/c1-3-17-9(2)4-7-13-18-14(19-20-13)10-5-6-12(16)11(15)8-10/h5-6,8-9,17H,3-4,7H2,1-2H3. The van der Waals surface area contributed by atoms with E-state index in [9.17, 15) is 4.39 Å². The summed E-state index contributed by atoms with van der Waals surface area (Å²) in [6, 6.07) is 5.07. The van der Waals surface area contributed by atoms with Crippen LogP contribution in [0.1, 0.15) is 26.2 Å². The highest BCUT2D eigenvalue weighted by Gasteiger charge is 2.11. The Bertz CT molecular complexity index is 573. The van der Waals surface area contributed by atoms with Gasteiger partial charge in [-0.25, -0.2) is 4.39 Å². The molecule has 1 atom stereocenters. The number of benzene rings is 1. The smallest absolute Gasteiger partial charge is 0.227 e. The molecular weight excluding hydrogens is 325 g/mol. The molecule has 0 bridgehead atoms. The van der Waals surface area contributed by atoms with E-state index in [1.54, 1.807) is 12.1 Å². The second-order valence-corrected chi connectivity index (χ2v) is 5.49. The Morgan fingerprint density at radius 3 is 2.95 bits per heavy atom. The summed E-state index contributed by atoms with van der Waals surface area (Å²) in [5.74, 6) is 0.777. The van der Waals surface area contributed by atoms with Gasteiger partial charge in [0.2, 0.25) is 11.7 Å². The van der Waals surface area contributed by atoms with Gasteiger partial charge in [0.15, 0.2) is 0 Å². The molecule has 0 amide bonds. The lowest BCUT2D eigenvalue weighted by Gasteiger charge is -2.09. The van der Waals surface area contributed by atoms with Crippen molar-refractivity contribution in [2.75, 3.05) is 6.54 Å². The molecular formula is C14H17BrFN3O. The van der Waals surface area contributed by atoms with E-state index in [1.165, 1.54) is 6.07 Å². The zero-order valence-corrected chi connectivity index (χ0v) is 13.1. The summed E-state index contributed by atoms with van der Waals surface area (Å²) in [4.78, 5) is 4.33. The van der Waals surface area contributed by atoms with E-state index in [2.05, 4.69) is 45.2 Å². The van der Waals surface area contributed by atoms with Crippen LogP contribution in [0.4, 0.5) is 4.39 Å². The lowest BCUT2D eigenvalue weighted by Crippen LogP contribution is -2.25. The van der Waals surface area contributed by atoms with Gasteiger partial charge in [-0.3, -0.25) is 0 Å². The van der Waals surface area contributed by atoms with E-state index in [0.29, 0.717) is 22.2 Å². The molecule has 0 radical (unpaired) electrons. The van der Waals surface area contributed by atoms with Gasteiger partial charge in [0.1, 0.15) is 5.82 Å². The van der Waals surface area contributed by atoms with Gasteiger partial charge in [0, 0.05) is 18.0 Å². The Kier molecular flexibility index (Phi) is 5.25. The van der Waals surface area contributed by atoms with Gasteiger partial charge < -0.3 is 9.84 Å². The number of nitrogens with zero attached hydrogens (tertiary/aromatic N) is 2. The highest BCUT2D eigenvalue weighted by Crippen LogP contribution is 2.23. The highest BCUT2D eigenvalue weighted by molar-refractivity contribution is 9.10. The molecule has 0 fully saturated rings. The van der Waals surface area contributed by atoms with Crippen LogP contribution in [0.5, 0.6) is 0 Å². The second-order valence-electron chi connectivity index (χ2n) is 4.64. The van der Waals surface area contributed by atoms with Crippen molar-refractivity contribution in [2.24, 2.45) is 0 Å². The molecule has 0 aliphatic rings. The third kappa shape index (κ3) is 3.86. The van der Waals surface area contributed by atoms with Crippen molar-refractivity contribution >= 4 is 15.9 Å². The Labute approximate surface area is 125 Å². The van der Waals surface area contributed by atoms with Crippen molar-refractivity contribution in [1.82, 2.24) is 15.5 Å². The Morgan fingerprint density at radius 2 is 2.25 bits per heavy atom. The normalized spacial score (nSPS) is 12.6. The molecule has 1 aromatic carbocycles. The number of halogens is 2. The zero-order chi connectivity index (χ0) is 14.5. The van der Waals surface area contributed by atoms with Crippen LogP contribution in [0.2, 0.25) is 0 Å². The van der Waals surface area contributed by atoms with Crippen LogP contribution in [0, 0.1) is 5.82 Å². The predicted octanol–water partition coefficient (Wildman–Crippen LogP) is 3.57. The molecule has 1 heterocycles. The molecule has 0 spiro atoms. The average Bonchev–Trinajstić information content (AvgIpc) is 2.89. The molecule has 2 rings (SSSR count). The van der Waals surface area contributed by atoms with Crippen molar-refractivity contribution < 1.29 is 8.91 Å². The van der Waals surface area contributed by atoms with E-state index < -0.39 is 0 Å². The predicted molar refractivity (Wildman–Crippen MR) is 78.9 cm³/mol. The van der Waals surface area contributed by atoms with E-state index >= 15 is 0 Å². The Morgan fingerprint density at radius 1 is 1.45 bits per heavy atom. The van der Waals surface area contributed by atoms with Crippen LogP contribution in [-0.4, -0.2) is 22.7 Å². The molecule has 108 valence electrons. The fourth-order valence-corrected chi connectivity index (χ4v) is 2.28. The third-order valence-electron chi connectivity index (χ3n) is 2.99. The maximum Gasteiger partial charge on any atom is 0.227 e. The zero-order valence-electron chi connectivity index (χ0n) is 11.5. The van der Waals surface area contributed by atoms with E-state index in [4.69, 9.17) is 4.52 Å². The minimum atomic E-state index is -0.308. The minimum Gasteiger partial charge on any atom is -0.339 e. The topological polar surface area (TPSA) is 51.0 Å². The molecule has 20 heavy (non-hydrogen) atoms. The van der Waals surface area contributed by atoms with Crippen LogP contribution in [0.3, 0.4) is 0 Å². The van der Waals surface area contributed by atoms with E-state index in [-0.39, 0.29) is 5.82 Å². The van der Waals surface area contributed by atoms with Crippen molar-refractivity contribution in [3.05, 3.63) is 34.4 Å². The van der Waals surface area contributed by atoms with E-state index in [1.807, 2.05) is 0 Å². The number of nitrogens with one attached hydrogen (secondary N) is 1. The van der Waals surface area contributed by atoms with Crippen LogP contribution in [-0.2, 0) is 6.42 Å². The van der Waals surface area contributed by atoms with Gasteiger partial charge in [-0.05, 0) is 54.0 Å². The molecule has 0 aliphatic carbocycles. The average molecular weight is 342 g/mol. The molecule has 0 saturated carbocycles. The summed E-state index contributed by atoms with van der Waals surface area (Å²) in [5, 5.41) is 7.26. The molecule has 1 unspecified atom stereocenters. The number of hydrogen-bond acceptors (Lipinski definition) is 4. The summed E-state index contributed by atoms with van der Waals surface area (Å²) in [7, 11) is 0. The van der Waals surface area contributed by atoms with Gasteiger partial charge in [-0.15, -0.1) is 0 Å². The second kappa shape index (κ2) is 6.95.